The van der Waals surface area contributed by atoms with E-state index in [0.29, 0.717) is 17.1 Å². The van der Waals surface area contributed by atoms with E-state index in [1.54, 1.807) is 6.92 Å². The number of carbonyl (C=O) groups is 2. The van der Waals surface area contributed by atoms with E-state index in [-0.39, 0.29) is 18.2 Å². The van der Waals surface area contributed by atoms with Crippen LogP contribution >= 0.6 is 11.8 Å². The summed E-state index contributed by atoms with van der Waals surface area (Å²) in [5, 5.41) is 0.720. The number of hydrogen-bond acceptors (Lipinski definition) is 5. The first-order valence-electron chi connectivity index (χ1n) is 5.77. The Labute approximate surface area is 111 Å². The van der Waals surface area contributed by atoms with Crippen LogP contribution in [0.3, 0.4) is 0 Å². The maximum atomic E-state index is 11.9. The summed E-state index contributed by atoms with van der Waals surface area (Å²) in [5.74, 6) is 0.00602. The van der Waals surface area contributed by atoms with Gasteiger partial charge in [0, 0.05) is 12.6 Å². The highest BCUT2D eigenvalue weighted by atomic mass is 32.2. The van der Waals surface area contributed by atoms with Gasteiger partial charge in [0.15, 0.2) is 0 Å². The van der Waals surface area contributed by atoms with Crippen molar-refractivity contribution in [2.75, 3.05) is 13.3 Å². The van der Waals surface area contributed by atoms with E-state index < -0.39 is 0 Å². The number of aryl methyl sites for hydroxylation is 1. The Hall–Kier alpha value is -1.43. The van der Waals surface area contributed by atoms with E-state index in [0.717, 1.165) is 9.93 Å². The number of imide groups is 1. The molecule has 0 fully saturated rings. The smallest absolute Gasteiger partial charge is 0.279 e. The van der Waals surface area contributed by atoms with E-state index in [4.69, 9.17) is 0 Å². The Morgan fingerprint density at radius 3 is 2.39 bits per heavy atom. The van der Waals surface area contributed by atoms with Crippen LogP contribution in [0.2, 0.25) is 0 Å². The van der Waals surface area contributed by atoms with Gasteiger partial charge in [-0.05, 0) is 13.2 Å². The van der Waals surface area contributed by atoms with Crippen molar-refractivity contribution in [1.82, 2.24) is 14.9 Å². The van der Waals surface area contributed by atoms with Crippen LogP contribution in [0.1, 0.15) is 35.7 Å². The van der Waals surface area contributed by atoms with Gasteiger partial charge in [-0.1, -0.05) is 13.8 Å². The molecule has 0 aliphatic carbocycles. The molecule has 1 aliphatic heterocycles. The lowest BCUT2D eigenvalue weighted by Crippen LogP contribution is -2.40. The molecule has 2 rings (SSSR count). The molecule has 1 aromatic rings. The zero-order valence-corrected chi connectivity index (χ0v) is 12.1. The quantitative estimate of drug-likeness (QED) is 0.440. The molecule has 0 saturated heterocycles. The predicted octanol–water partition coefficient (Wildman–Crippen LogP) is 1.69. The lowest BCUT2D eigenvalue weighted by molar-refractivity contribution is -0.127. The monoisotopic (exact) mass is 267 g/mol. The first-order valence-corrected chi connectivity index (χ1v) is 6.99. The van der Waals surface area contributed by atoms with Gasteiger partial charge >= 0.3 is 0 Å². The minimum atomic E-state index is -0.341. The first kappa shape index (κ1) is 14.6. The number of carbonyl (C=O) groups excluding carboxylic acids is 2. The summed E-state index contributed by atoms with van der Waals surface area (Å²) in [4.78, 5) is 32.9. The van der Waals surface area contributed by atoms with Crippen molar-refractivity contribution >= 4 is 23.6 Å². The molecular weight excluding hydrogens is 250 g/mol. The fourth-order valence-electron chi connectivity index (χ4n) is 1.62. The second kappa shape index (κ2) is 5.95. The standard InChI is InChI=1S/C10H11N3O2S.C2H6/c1-5-11-8-6(9(12-5)16-3)4-7(14)13(2)10(8)15;1-2/h4H2,1-3H3;1-2H3. The lowest BCUT2D eigenvalue weighted by atomic mass is 10.1. The molecule has 1 aliphatic rings. The number of rotatable bonds is 1. The van der Waals surface area contributed by atoms with Gasteiger partial charge in [-0.25, -0.2) is 9.97 Å². The van der Waals surface area contributed by atoms with Crippen LogP contribution < -0.4 is 0 Å². The number of likely N-dealkylation sites (N-methyl/N-ethyl adjacent to an activating group) is 1. The van der Waals surface area contributed by atoms with Crippen LogP contribution in [0.15, 0.2) is 5.03 Å². The molecule has 2 amide bonds. The average molecular weight is 267 g/mol. The van der Waals surface area contributed by atoms with Gasteiger partial charge in [0.2, 0.25) is 5.91 Å². The van der Waals surface area contributed by atoms with Crippen LogP contribution in [0.4, 0.5) is 0 Å². The summed E-state index contributed by atoms with van der Waals surface area (Å²) in [6.45, 7) is 5.74. The summed E-state index contributed by atoms with van der Waals surface area (Å²) in [7, 11) is 1.48. The number of thioether (sulfide) groups is 1. The van der Waals surface area contributed by atoms with Gasteiger partial charge in [0.25, 0.3) is 5.91 Å². The Kier molecular flexibility index (Phi) is 4.84. The molecule has 2 heterocycles. The summed E-state index contributed by atoms with van der Waals surface area (Å²) in [5.41, 5.74) is 1.02. The van der Waals surface area contributed by atoms with Crippen LogP contribution in [-0.4, -0.2) is 40.0 Å². The molecule has 6 heteroatoms. The van der Waals surface area contributed by atoms with Gasteiger partial charge in [-0.15, -0.1) is 11.8 Å². The van der Waals surface area contributed by atoms with Crippen molar-refractivity contribution in [3.05, 3.63) is 17.1 Å². The number of nitrogens with zero attached hydrogens (tertiary/aromatic N) is 3. The van der Waals surface area contributed by atoms with Crippen molar-refractivity contribution in [3.8, 4) is 0 Å². The second-order valence-corrected chi connectivity index (χ2v) is 4.34. The number of hydrogen-bond donors (Lipinski definition) is 0. The van der Waals surface area contributed by atoms with Crippen LogP contribution in [0, 0.1) is 6.92 Å². The molecule has 0 aromatic carbocycles. The summed E-state index contributed by atoms with van der Waals surface area (Å²) >= 11 is 1.43. The topological polar surface area (TPSA) is 63.2 Å². The maximum Gasteiger partial charge on any atom is 0.279 e. The number of fused-ring (bicyclic) bond motifs is 1. The average Bonchev–Trinajstić information content (AvgIpc) is 2.39. The molecule has 0 spiro atoms. The Balaban J connectivity index is 0.000000771. The van der Waals surface area contributed by atoms with Crippen LogP contribution in [0.5, 0.6) is 0 Å². The second-order valence-electron chi connectivity index (χ2n) is 3.54. The van der Waals surface area contributed by atoms with Gasteiger partial charge in [-0.2, -0.15) is 0 Å². The van der Waals surface area contributed by atoms with Crippen LogP contribution in [-0.2, 0) is 11.2 Å². The SMILES string of the molecule is CC.CSc1nc(C)nc2c1CC(=O)N(C)C2=O. The fraction of sp³-hybridized carbons (Fsp3) is 0.500. The van der Waals surface area contributed by atoms with E-state index in [2.05, 4.69) is 9.97 Å². The summed E-state index contributed by atoms with van der Waals surface area (Å²) < 4.78 is 0. The molecule has 0 saturated carbocycles. The summed E-state index contributed by atoms with van der Waals surface area (Å²) in [6, 6.07) is 0. The molecule has 0 unspecified atom stereocenters. The van der Waals surface area contributed by atoms with Crippen molar-refractivity contribution in [2.45, 2.75) is 32.2 Å². The van der Waals surface area contributed by atoms with Gasteiger partial charge in [0.1, 0.15) is 16.5 Å². The molecule has 0 N–H and O–H groups in total. The van der Waals surface area contributed by atoms with E-state index in [9.17, 15) is 9.59 Å². The lowest BCUT2D eigenvalue weighted by Gasteiger charge is -2.23. The van der Waals surface area contributed by atoms with E-state index >= 15 is 0 Å². The van der Waals surface area contributed by atoms with Gasteiger partial charge in [-0.3, -0.25) is 14.5 Å². The third-order valence-corrected chi connectivity index (χ3v) is 3.21. The van der Waals surface area contributed by atoms with Crippen molar-refractivity contribution in [1.29, 1.82) is 0 Å². The molecule has 98 valence electrons. The molecule has 0 atom stereocenters. The largest absolute Gasteiger partial charge is 0.280 e. The highest BCUT2D eigenvalue weighted by molar-refractivity contribution is 7.98. The first-order chi connectivity index (χ1) is 8.54. The minimum absolute atomic E-state index is 0.202. The Morgan fingerprint density at radius 2 is 1.83 bits per heavy atom. The fourth-order valence-corrected chi connectivity index (χ4v) is 2.26. The minimum Gasteiger partial charge on any atom is -0.280 e. The Bertz CT molecular complexity index is 488. The summed E-state index contributed by atoms with van der Waals surface area (Å²) in [6.07, 6.45) is 2.07. The molecule has 0 radical (unpaired) electrons. The van der Waals surface area contributed by atoms with Crippen LogP contribution in [0.25, 0.3) is 0 Å². The highest BCUT2D eigenvalue weighted by Crippen LogP contribution is 2.25. The highest BCUT2D eigenvalue weighted by Gasteiger charge is 2.31. The number of aromatic nitrogens is 2. The zero-order chi connectivity index (χ0) is 13.9. The normalized spacial score (nSPS) is 13.9. The van der Waals surface area contributed by atoms with E-state index in [1.807, 2.05) is 20.1 Å². The van der Waals surface area contributed by atoms with Gasteiger partial charge < -0.3 is 0 Å². The maximum absolute atomic E-state index is 11.9. The number of amides is 2. The van der Waals surface area contributed by atoms with Gasteiger partial charge in [0.05, 0.1) is 6.42 Å². The van der Waals surface area contributed by atoms with E-state index in [1.165, 1.54) is 18.8 Å². The van der Waals surface area contributed by atoms with Crippen molar-refractivity contribution < 1.29 is 9.59 Å². The molecule has 5 nitrogen and oxygen atoms in total. The molecular formula is C12H17N3O2S. The zero-order valence-electron chi connectivity index (χ0n) is 11.3. The third kappa shape index (κ3) is 2.53. The molecule has 1 aromatic heterocycles. The Morgan fingerprint density at radius 1 is 1.22 bits per heavy atom. The van der Waals surface area contributed by atoms with Crippen molar-refractivity contribution in [2.24, 2.45) is 0 Å². The third-order valence-electron chi connectivity index (χ3n) is 2.48. The van der Waals surface area contributed by atoms with Crippen molar-refractivity contribution in [3.63, 3.8) is 0 Å². The molecule has 0 bridgehead atoms. The predicted molar refractivity (Wildman–Crippen MR) is 70.7 cm³/mol. The molecule has 18 heavy (non-hydrogen) atoms.